The summed E-state index contributed by atoms with van der Waals surface area (Å²) in [5.74, 6) is -1.77. The van der Waals surface area contributed by atoms with E-state index in [0.29, 0.717) is 45.8 Å². The zero-order valence-electron chi connectivity index (χ0n) is 16.9. The third-order valence-corrected chi connectivity index (χ3v) is 3.34. The Kier molecular flexibility index (Phi) is 17.4. The van der Waals surface area contributed by atoms with E-state index in [1.165, 1.54) is 0 Å². The molecule has 0 heterocycles. The standard InChI is InChI=1S/C18H34N2O8/c1-3-5-15(18(23)24)20-17(22)14-28-12-10-26-8-6-19-16(21)13-27-11-9-25-7-4-2/h15H,3-14H2,1-2H3,(H,19,21)(H,20,22)(H,23,24)/t15-/m0/s1. The highest BCUT2D eigenvalue weighted by atomic mass is 16.5. The van der Waals surface area contributed by atoms with Gasteiger partial charge in [0.25, 0.3) is 0 Å². The number of carbonyl (C=O) groups is 3. The molecule has 0 fully saturated rings. The van der Waals surface area contributed by atoms with Gasteiger partial charge in [0.05, 0.1) is 33.0 Å². The van der Waals surface area contributed by atoms with Gasteiger partial charge >= 0.3 is 5.97 Å². The van der Waals surface area contributed by atoms with Crippen molar-refractivity contribution in [3.8, 4) is 0 Å². The Balaban J connectivity index is 3.48. The molecule has 0 aromatic rings. The lowest BCUT2D eigenvalue weighted by molar-refractivity contribution is -0.142. The second kappa shape index (κ2) is 18.6. The van der Waals surface area contributed by atoms with Gasteiger partial charge in [-0.2, -0.15) is 0 Å². The van der Waals surface area contributed by atoms with Crippen molar-refractivity contribution in [2.75, 3.05) is 59.4 Å². The van der Waals surface area contributed by atoms with Crippen molar-refractivity contribution in [1.29, 1.82) is 0 Å². The molecule has 0 rings (SSSR count). The van der Waals surface area contributed by atoms with Crippen LogP contribution in [0.3, 0.4) is 0 Å². The normalized spacial score (nSPS) is 11.8. The van der Waals surface area contributed by atoms with Gasteiger partial charge in [0.2, 0.25) is 11.8 Å². The molecule has 2 amide bonds. The molecule has 28 heavy (non-hydrogen) atoms. The zero-order valence-corrected chi connectivity index (χ0v) is 16.9. The molecule has 10 nitrogen and oxygen atoms in total. The fourth-order valence-electron chi connectivity index (χ4n) is 2.01. The quantitative estimate of drug-likeness (QED) is 0.254. The van der Waals surface area contributed by atoms with Gasteiger partial charge in [-0.3, -0.25) is 9.59 Å². The largest absolute Gasteiger partial charge is 0.480 e. The molecule has 0 saturated carbocycles. The molecule has 3 N–H and O–H groups in total. The Morgan fingerprint density at radius 3 is 1.93 bits per heavy atom. The summed E-state index contributed by atoms with van der Waals surface area (Å²) in [6, 6.07) is -0.895. The van der Waals surface area contributed by atoms with Crippen molar-refractivity contribution in [3.63, 3.8) is 0 Å². The number of aliphatic carboxylic acids is 1. The van der Waals surface area contributed by atoms with Crippen molar-refractivity contribution >= 4 is 17.8 Å². The molecular formula is C18H34N2O8. The Morgan fingerprint density at radius 1 is 0.786 bits per heavy atom. The monoisotopic (exact) mass is 406 g/mol. The third-order valence-electron chi connectivity index (χ3n) is 3.34. The first kappa shape index (κ1) is 26.2. The van der Waals surface area contributed by atoms with Gasteiger partial charge in [-0.1, -0.05) is 20.3 Å². The summed E-state index contributed by atoms with van der Waals surface area (Å²) in [6.07, 6.45) is 1.97. The van der Waals surface area contributed by atoms with E-state index in [-0.39, 0.29) is 32.3 Å². The SMILES string of the molecule is CCCOCCOCC(=O)NCCOCCOCC(=O)N[C@@H](CCC)C(=O)O. The topological polar surface area (TPSA) is 132 Å². The van der Waals surface area contributed by atoms with Gasteiger partial charge in [-0.25, -0.2) is 4.79 Å². The minimum absolute atomic E-state index is 0.0247. The van der Waals surface area contributed by atoms with Crippen LogP contribution in [-0.4, -0.2) is 88.3 Å². The van der Waals surface area contributed by atoms with Gasteiger partial charge < -0.3 is 34.7 Å². The molecule has 0 aliphatic heterocycles. The lowest BCUT2D eigenvalue weighted by Gasteiger charge is -2.13. The van der Waals surface area contributed by atoms with Gasteiger partial charge in [0, 0.05) is 13.2 Å². The Labute approximate surface area is 166 Å². The average molecular weight is 406 g/mol. The fraction of sp³-hybridized carbons (Fsp3) is 0.833. The van der Waals surface area contributed by atoms with Crippen LogP contribution in [0.1, 0.15) is 33.1 Å². The molecule has 0 aromatic heterocycles. The Bertz CT molecular complexity index is 434. The predicted octanol–water partition coefficient (Wildman–Crippen LogP) is -0.0515. The van der Waals surface area contributed by atoms with Crippen molar-refractivity contribution < 1.29 is 38.4 Å². The van der Waals surface area contributed by atoms with Gasteiger partial charge in [0.15, 0.2) is 0 Å². The van der Waals surface area contributed by atoms with Crippen LogP contribution in [0.15, 0.2) is 0 Å². The molecule has 0 saturated heterocycles. The van der Waals surface area contributed by atoms with Gasteiger partial charge in [-0.15, -0.1) is 0 Å². The summed E-state index contributed by atoms with van der Waals surface area (Å²) >= 11 is 0. The predicted molar refractivity (Wildman–Crippen MR) is 101 cm³/mol. The zero-order chi connectivity index (χ0) is 21.0. The van der Waals surface area contributed by atoms with Gasteiger partial charge in [-0.05, 0) is 12.8 Å². The first-order valence-corrected chi connectivity index (χ1v) is 9.61. The van der Waals surface area contributed by atoms with E-state index in [4.69, 9.17) is 24.1 Å². The van der Waals surface area contributed by atoms with Crippen molar-refractivity contribution in [2.45, 2.75) is 39.2 Å². The summed E-state index contributed by atoms with van der Waals surface area (Å²) in [5, 5.41) is 14.0. The lowest BCUT2D eigenvalue weighted by atomic mass is 10.2. The number of carboxylic acid groups (broad SMARTS) is 1. The van der Waals surface area contributed by atoms with Crippen molar-refractivity contribution in [1.82, 2.24) is 10.6 Å². The molecule has 10 heteroatoms. The molecule has 0 spiro atoms. The van der Waals surface area contributed by atoms with Crippen LogP contribution in [0.5, 0.6) is 0 Å². The highest BCUT2D eigenvalue weighted by molar-refractivity contribution is 5.84. The first-order valence-electron chi connectivity index (χ1n) is 9.61. The van der Waals surface area contributed by atoms with E-state index in [0.717, 1.165) is 6.42 Å². The number of amides is 2. The van der Waals surface area contributed by atoms with E-state index in [2.05, 4.69) is 10.6 Å². The molecule has 164 valence electrons. The highest BCUT2D eigenvalue weighted by Gasteiger charge is 2.18. The van der Waals surface area contributed by atoms with E-state index in [1.807, 2.05) is 13.8 Å². The Morgan fingerprint density at radius 2 is 1.36 bits per heavy atom. The number of carboxylic acids is 1. The molecule has 0 aliphatic carbocycles. The van der Waals surface area contributed by atoms with Gasteiger partial charge in [0.1, 0.15) is 19.3 Å². The van der Waals surface area contributed by atoms with Crippen molar-refractivity contribution in [3.05, 3.63) is 0 Å². The number of hydrogen-bond acceptors (Lipinski definition) is 7. The van der Waals surface area contributed by atoms with Crippen LogP contribution in [0.4, 0.5) is 0 Å². The molecule has 0 bridgehead atoms. The van der Waals surface area contributed by atoms with E-state index in [9.17, 15) is 14.4 Å². The summed E-state index contributed by atoms with van der Waals surface area (Å²) in [4.78, 5) is 34.0. The second-order valence-corrected chi connectivity index (χ2v) is 5.93. The molecule has 0 aromatic carbocycles. The summed E-state index contributed by atoms with van der Waals surface area (Å²) in [7, 11) is 0. The van der Waals surface area contributed by atoms with Crippen LogP contribution in [0.25, 0.3) is 0 Å². The minimum Gasteiger partial charge on any atom is -0.480 e. The fourth-order valence-corrected chi connectivity index (χ4v) is 2.01. The maximum Gasteiger partial charge on any atom is 0.326 e. The number of hydrogen-bond donors (Lipinski definition) is 3. The number of carbonyl (C=O) groups excluding carboxylic acids is 2. The second-order valence-electron chi connectivity index (χ2n) is 5.93. The maximum absolute atomic E-state index is 11.6. The molecular weight excluding hydrogens is 372 g/mol. The molecule has 1 atom stereocenters. The number of ether oxygens (including phenoxy) is 4. The highest BCUT2D eigenvalue weighted by Crippen LogP contribution is 1.96. The Hall–Kier alpha value is -1.75. The third kappa shape index (κ3) is 16.4. The van der Waals surface area contributed by atoms with E-state index >= 15 is 0 Å². The lowest BCUT2D eigenvalue weighted by Crippen LogP contribution is -2.42. The smallest absolute Gasteiger partial charge is 0.326 e. The molecule has 0 aliphatic rings. The van der Waals surface area contributed by atoms with Crippen molar-refractivity contribution in [2.24, 2.45) is 0 Å². The molecule has 0 radical (unpaired) electrons. The van der Waals surface area contributed by atoms with E-state index < -0.39 is 17.9 Å². The minimum atomic E-state index is -1.06. The average Bonchev–Trinajstić information content (AvgIpc) is 2.66. The van der Waals surface area contributed by atoms with Crippen LogP contribution >= 0.6 is 0 Å². The maximum atomic E-state index is 11.6. The number of nitrogens with one attached hydrogen (secondary N) is 2. The van der Waals surface area contributed by atoms with Crippen LogP contribution < -0.4 is 10.6 Å². The van der Waals surface area contributed by atoms with E-state index in [1.54, 1.807) is 0 Å². The summed E-state index contributed by atoms with van der Waals surface area (Å²) < 4.78 is 20.8. The summed E-state index contributed by atoms with van der Waals surface area (Å²) in [5.41, 5.74) is 0. The molecule has 0 unspecified atom stereocenters. The van der Waals surface area contributed by atoms with Crippen LogP contribution in [-0.2, 0) is 33.3 Å². The first-order chi connectivity index (χ1) is 13.5. The number of rotatable bonds is 19. The summed E-state index contributed by atoms with van der Waals surface area (Å²) in [6.45, 7) is 6.22. The van der Waals surface area contributed by atoms with Crippen LogP contribution in [0.2, 0.25) is 0 Å². The van der Waals surface area contributed by atoms with Crippen LogP contribution in [0, 0.1) is 0 Å².